The van der Waals surface area contributed by atoms with Crippen molar-refractivity contribution >= 4 is 14.9 Å². The number of rotatable bonds is 5. The van der Waals surface area contributed by atoms with Gasteiger partial charge in [-0.3, -0.25) is 0 Å². The monoisotopic (exact) mass is 230 g/mol. The molecule has 0 amide bonds. The summed E-state index contributed by atoms with van der Waals surface area (Å²) in [7, 11) is -0.925. The third-order valence-corrected chi connectivity index (χ3v) is 3.79. The summed E-state index contributed by atoms with van der Waals surface area (Å²) in [6.45, 7) is 4.13. The lowest BCUT2D eigenvalue weighted by Crippen LogP contribution is -2.24. The van der Waals surface area contributed by atoms with Crippen LogP contribution in [-0.4, -0.2) is 15.9 Å². The van der Waals surface area contributed by atoms with E-state index < -0.39 is 21.4 Å². The predicted molar refractivity (Wildman–Crippen MR) is 60.0 cm³/mol. The van der Waals surface area contributed by atoms with Gasteiger partial charge in [-0.2, -0.15) is 0 Å². The zero-order chi connectivity index (χ0) is 11.3. The molecule has 0 unspecified atom stereocenters. The number of halogens is 2. The second kappa shape index (κ2) is 5.98. The summed E-state index contributed by atoms with van der Waals surface area (Å²) in [6, 6.07) is 4.00. The summed E-state index contributed by atoms with van der Waals surface area (Å²) < 4.78 is 31.2. The molecule has 0 aliphatic carbocycles. The van der Waals surface area contributed by atoms with Gasteiger partial charge in [0.1, 0.15) is 0 Å². The molecule has 1 aromatic carbocycles. The molecule has 0 atom stereocenters. The number of hydrogen-bond donors (Lipinski definition) is 0. The molecule has 0 aliphatic heterocycles. The van der Waals surface area contributed by atoms with Crippen molar-refractivity contribution in [1.29, 1.82) is 0 Å². The summed E-state index contributed by atoms with van der Waals surface area (Å²) in [5.74, 6) is -1.58. The molecule has 0 saturated heterocycles. The van der Waals surface area contributed by atoms with Crippen LogP contribution in [0.4, 0.5) is 8.78 Å². The molecule has 15 heavy (non-hydrogen) atoms. The maximum absolute atomic E-state index is 12.9. The van der Waals surface area contributed by atoms with Crippen LogP contribution in [-0.2, 0) is 4.43 Å². The van der Waals surface area contributed by atoms with Gasteiger partial charge in [0.15, 0.2) is 21.4 Å². The molecular weight excluding hydrogens is 214 g/mol. The molecule has 0 saturated carbocycles. The summed E-state index contributed by atoms with van der Waals surface area (Å²) in [5.41, 5.74) is 0. The molecule has 0 aliphatic rings. The summed E-state index contributed by atoms with van der Waals surface area (Å²) in [5, 5.41) is 0.806. The minimum atomic E-state index is -0.925. The van der Waals surface area contributed by atoms with Crippen molar-refractivity contribution in [2.24, 2.45) is 0 Å². The van der Waals surface area contributed by atoms with Gasteiger partial charge < -0.3 is 4.43 Å². The van der Waals surface area contributed by atoms with Crippen LogP contribution in [0, 0.1) is 11.6 Å². The van der Waals surface area contributed by atoms with E-state index in [1.165, 1.54) is 6.07 Å². The third kappa shape index (κ3) is 3.72. The summed E-state index contributed by atoms with van der Waals surface area (Å²) in [6.07, 6.45) is 2.19. The summed E-state index contributed by atoms with van der Waals surface area (Å²) >= 11 is 0. The molecule has 0 fully saturated rings. The van der Waals surface area contributed by atoms with Crippen LogP contribution in [0.15, 0.2) is 18.2 Å². The molecule has 84 valence electrons. The molecule has 0 aromatic heterocycles. The first-order valence-electron chi connectivity index (χ1n) is 5.22. The van der Waals surface area contributed by atoms with Crippen molar-refractivity contribution in [3.8, 4) is 0 Å². The van der Waals surface area contributed by atoms with Crippen LogP contribution in [0.3, 0.4) is 0 Å². The Morgan fingerprint density at radius 1 is 1.20 bits per heavy atom. The minimum absolute atomic E-state index is 0.254. The topological polar surface area (TPSA) is 9.23 Å². The Hall–Kier alpha value is -0.743. The Labute approximate surface area is 91.4 Å². The van der Waals surface area contributed by atoms with Crippen molar-refractivity contribution < 1.29 is 13.2 Å². The second-order valence-corrected chi connectivity index (χ2v) is 4.94. The van der Waals surface area contributed by atoms with Crippen molar-refractivity contribution in [3.05, 3.63) is 29.8 Å². The normalized spacial score (nSPS) is 11.8. The highest BCUT2D eigenvalue weighted by molar-refractivity contribution is 6.46. The Kier molecular flexibility index (Phi) is 4.91. The fourth-order valence-corrected chi connectivity index (χ4v) is 2.74. The average Bonchev–Trinajstić information content (AvgIpc) is 2.24. The summed E-state index contributed by atoms with van der Waals surface area (Å²) in [4.78, 5) is 0. The largest absolute Gasteiger partial charge is 0.416 e. The fraction of sp³-hybridized carbons (Fsp3) is 0.455. The molecule has 4 heteroatoms. The Balaban J connectivity index is 2.54. The third-order valence-electron chi connectivity index (χ3n) is 2.38. The molecule has 0 N–H and O–H groups in total. The van der Waals surface area contributed by atoms with Crippen molar-refractivity contribution in [2.45, 2.75) is 32.8 Å². The van der Waals surface area contributed by atoms with Crippen molar-refractivity contribution in [2.75, 3.05) is 0 Å². The zero-order valence-electron chi connectivity index (χ0n) is 9.09. The molecule has 0 spiro atoms. The molecule has 1 nitrogen and oxygen atoms in total. The van der Waals surface area contributed by atoms with Crippen LogP contribution < -0.4 is 5.19 Å². The lowest BCUT2D eigenvalue weighted by Gasteiger charge is -2.13. The Bertz CT molecular complexity index is 313. The van der Waals surface area contributed by atoms with E-state index in [0.717, 1.165) is 24.1 Å². The maximum Gasteiger partial charge on any atom is 0.192 e. The van der Waals surface area contributed by atoms with Gasteiger partial charge in [0.25, 0.3) is 0 Å². The molecule has 0 bridgehead atoms. The Morgan fingerprint density at radius 2 is 1.87 bits per heavy atom. The van der Waals surface area contributed by atoms with E-state index in [-0.39, 0.29) is 6.10 Å². The highest BCUT2D eigenvalue weighted by Crippen LogP contribution is 2.03. The lowest BCUT2D eigenvalue weighted by molar-refractivity contribution is 0.206. The first kappa shape index (κ1) is 12.3. The van der Waals surface area contributed by atoms with Gasteiger partial charge in [0.2, 0.25) is 0 Å². The molecular formula is C11H16F2OSi. The van der Waals surface area contributed by atoms with Crippen LogP contribution >= 0.6 is 0 Å². The van der Waals surface area contributed by atoms with Gasteiger partial charge in [-0.05, 0) is 30.2 Å². The minimum Gasteiger partial charge on any atom is -0.416 e. The Morgan fingerprint density at radius 3 is 2.40 bits per heavy atom. The van der Waals surface area contributed by atoms with Gasteiger partial charge >= 0.3 is 0 Å². The first-order chi connectivity index (χ1) is 7.17. The van der Waals surface area contributed by atoms with Crippen LogP contribution in [0.25, 0.3) is 0 Å². The van der Waals surface area contributed by atoms with Crippen molar-refractivity contribution in [3.63, 3.8) is 0 Å². The van der Waals surface area contributed by atoms with Gasteiger partial charge in [-0.15, -0.1) is 0 Å². The van der Waals surface area contributed by atoms with Gasteiger partial charge in [0.05, 0.1) is 0 Å². The highest BCUT2D eigenvalue weighted by atomic mass is 28.2. The van der Waals surface area contributed by atoms with Crippen LogP contribution in [0.1, 0.15) is 26.7 Å². The average molecular weight is 230 g/mol. The lowest BCUT2D eigenvalue weighted by atomic mass is 10.2. The number of benzene rings is 1. The van der Waals surface area contributed by atoms with E-state index in [1.54, 1.807) is 6.07 Å². The maximum atomic E-state index is 12.9. The van der Waals surface area contributed by atoms with Crippen LogP contribution in [0.2, 0.25) is 0 Å². The van der Waals surface area contributed by atoms with E-state index in [4.69, 9.17) is 4.43 Å². The number of hydrogen-bond acceptors (Lipinski definition) is 1. The molecule has 1 rings (SSSR count). The van der Waals surface area contributed by atoms with Crippen LogP contribution in [0.5, 0.6) is 0 Å². The molecule has 0 heterocycles. The van der Waals surface area contributed by atoms with Crippen molar-refractivity contribution in [1.82, 2.24) is 0 Å². The quantitative estimate of drug-likeness (QED) is 0.702. The smallest absolute Gasteiger partial charge is 0.192 e. The van der Waals surface area contributed by atoms with E-state index in [0.29, 0.717) is 0 Å². The van der Waals surface area contributed by atoms with Gasteiger partial charge in [0, 0.05) is 6.10 Å². The van der Waals surface area contributed by atoms with Gasteiger partial charge in [-0.1, -0.05) is 19.9 Å². The highest BCUT2D eigenvalue weighted by Gasteiger charge is 2.06. The SMILES string of the molecule is CCC(CC)O[SiH2]c1ccc(F)c(F)c1. The second-order valence-electron chi connectivity index (χ2n) is 3.50. The predicted octanol–water partition coefficient (Wildman–Crippen LogP) is 1.88. The van der Waals surface area contributed by atoms with E-state index >= 15 is 0 Å². The standard InChI is InChI=1S/C11H16F2OSi/c1-3-8(4-2)14-15-9-5-6-10(12)11(13)7-9/h5-8H,3-4,15H2,1-2H3. The molecule has 0 radical (unpaired) electrons. The van der Waals surface area contributed by atoms with E-state index in [1.807, 2.05) is 0 Å². The van der Waals surface area contributed by atoms with E-state index in [9.17, 15) is 8.78 Å². The van der Waals surface area contributed by atoms with Gasteiger partial charge in [-0.25, -0.2) is 8.78 Å². The van der Waals surface area contributed by atoms with E-state index in [2.05, 4.69) is 13.8 Å². The molecule has 1 aromatic rings. The fourth-order valence-electron chi connectivity index (χ4n) is 1.37. The first-order valence-corrected chi connectivity index (χ1v) is 6.51. The zero-order valence-corrected chi connectivity index (χ0v) is 10.5.